The van der Waals surface area contributed by atoms with Crippen molar-refractivity contribution in [2.75, 3.05) is 19.6 Å². The highest BCUT2D eigenvalue weighted by molar-refractivity contribution is 5.82. The Hall–Kier alpha value is -1.30. The number of likely N-dealkylation sites (N-methyl/N-ethyl adjacent to an activating group) is 1. The Bertz CT molecular complexity index is 280. The van der Waals surface area contributed by atoms with Crippen molar-refractivity contribution >= 4 is 12.0 Å². The number of carboxylic acid groups (broad SMARTS) is 1. The second-order valence-corrected chi connectivity index (χ2v) is 4.68. The lowest BCUT2D eigenvalue weighted by molar-refractivity contribution is -0.139. The van der Waals surface area contributed by atoms with Crippen LogP contribution >= 0.6 is 0 Å². The van der Waals surface area contributed by atoms with Gasteiger partial charge in [-0.3, -0.25) is 0 Å². The molecule has 0 rings (SSSR count). The van der Waals surface area contributed by atoms with Crippen LogP contribution in [0.5, 0.6) is 0 Å². The van der Waals surface area contributed by atoms with Crippen molar-refractivity contribution in [3.8, 4) is 0 Å². The fourth-order valence-corrected chi connectivity index (χ4v) is 1.88. The van der Waals surface area contributed by atoms with E-state index in [1.165, 1.54) is 0 Å². The largest absolute Gasteiger partial charge is 0.480 e. The van der Waals surface area contributed by atoms with Gasteiger partial charge in [0, 0.05) is 12.6 Å². The van der Waals surface area contributed by atoms with E-state index in [0.29, 0.717) is 12.8 Å². The average Bonchev–Trinajstić information content (AvgIpc) is 2.35. The van der Waals surface area contributed by atoms with E-state index < -0.39 is 18.0 Å². The smallest absolute Gasteiger partial charge is 0.326 e. The van der Waals surface area contributed by atoms with Crippen LogP contribution in [-0.2, 0) is 4.79 Å². The fraction of sp³-hybridized carbons (Fsp3) is 0.846. The number of carbonyl (C=O) groups excluding carboxylic acids is 1. The molecule has 0 heterocycles. The van der Waals surface area contributed by atoms with Crippen molar-refractivity contribution in [1.29, 1.82) is 0 Å². The van der Waals surface area contributed by atoms with Crippen LogP contribution in [0.2, 0.25) is 0 Å². The Morgan fingerprint density at radius 1 is 1.16 bits per heavy atom. The molecule has 0 bridgehead atoms. The molecule has 6 nitrogen and oxygen atoms in total. The molecular weight excluding hydrogens is 246 g/mol. The summed E-state index contributed by atoms with van der Waals surface area (Å²) in [5.74, 6) is -0.992. The van der Waals surface area contributed by atoms with Gasteiger partial charge < -0.3 is 20.6 Å². The molecule has 2 atom stereocenters. The summed E-state index contributed by atoms with van der Waals surface area (Å²) in [4.78, 5) is 24.8. The zero-order chi connectivity index (χ0) is 14.8. The molecule has 19 heavy (non-hydrogen) atoms. The average molecular weight is 273 g/mol. The summed E-state index contributed by atoms with van der Waals surface area (Å²) in [7, 11) is 0. The topological polar surface area (TPSA) is 81.7 Å². The summed E-state index contributed by atoms with van der Waals surface area (Å²) < 4.78 is 0. The van der Waals surface area contributed by atoms with Gasteiger partial charge in [-0.1, -0.05) is 27.2 Å². The minimum Gasteiger partial charge on any atom is -0.480 e. The highest BCUT2D eigenvalue weighted by Gasteiger charge is 2.19. The lowest BCUT2D eigenvalue weighted by Gasteiger charge is -2.24. The minimum absolute atomic E-state index is 0.0176. The molecule has 1 unspecified atom stereocenters. The first kappa shape index (κ1) is 17.7. The summed E-state index contributed by atoms with van der Waals surface area (Å²) in [6.07, 6.45) is 1.15. The molecule has 112 valence electrons. The van der Waals surface area contributed by atoms with Gasteiger partial charge in [-0.05, 0) is 26.4 Å². The van der Waals surface area contributed by atoms with Gasteiger partial charge >= 0.3 is 12.0 Å². The van der Waals surface area contributed by atoms with Crippen molar-refractivity contribution in [3.63, 3.8) is 0 Å². The number of nitrogens with zero attached hydrogens (tertiary/aromatic N) is 1. The lowest BCUT2D eigenvalue weighted by Crippen LogP contribution is -2.50. The molecule has 0 spiro atoms. The maximum Gasteiger partial charge on any atom is 0.326 e. The quantitative estimate of drug-likeness (QED) is 0.591. The van der Waals surface area contributed by atoms with E-state index in [0.717, 1.165) is 19.6 Å². The Morgan fingerprint density at radius 3 is 2.16 bits per heavy atom. The number of hydrogen-bond donors (Lipinski definition) is 3. The summed E-state index contributed by atoms with van der Waals surface area (Å²) >= 11 is 0. The molecule has 0 aromatic heterocycles. The van der Waals surface area contributed by atoms with Gasteiger partial charge in [-0.15, -0.1) is 0 Å². The van der Waals surface area contributed by atoms with Gasteiger partial charge in [0.25, 0.3) is 0 Å². The van der Waals surface area contributed by atoms with E-state index in [9.17, 15) is 9.59 Å². The van der Waals surface area contributed by atoms with E-state index >= 15 is 0 Å². The van der Waals surface area contributed by atoms with Crippen molar-refractivity contribution in [3.05, 3.63) is 0 Å². The van der Waals surface area contributed by atoms with Gasteiger partial charge in [-0.2, -0.15) is 0 Å². The first-order valence-corrected chi connectivity index (χ1v) is 6.96. The predicted molar refractivity (Wildman–Crippen MR) is 75.2 cm³/mol. The Labute approximate surface area is 115 Å². The summed E-state index contributed by atoms with van der Waals surface area (Å²) in [6, 6.07) is -1.25. The Kier molecular flexibility index (Phi) is 8.95. The molecular formula is C13H27N3O3. The highest BCUT2D eigenvalue weighted by atomic mass is 16.4. The zero-order valence-corrected chi connectivity index (χ0v) is 12.4. The van der Waals surface area contributed by atoms with Crippen LogP contribution in [-0.4, -0.2) is 53.7 Å². The molecule has 0 fully saturated rings. The van der Waals surface area contributed by atoms with Crippen LogP contribution < -0.4 is 10.6 Å². The number of aliphatic carboxylic acids is 1. The molecule has 0 saturated heterocycles. The van der Waals surface area contributed by atoms with Crippen LogP contribution in [0, 0.1) is 0 Å². The van der Waals surface area contributed by atoms with Gasteiger partial charge in [0.05, 0.1) is 0 Å². The first-order chi connectivity index (χ1) is 8.94. The van der Waals surface area contributed by atoms with Gasteiger partial charge in [-0.25, -0.2) is 9.59 Å². The van der Waals surface area contributed by atoms with E-state index in [1.807, 2.05) is 13.8 Å². The third kappa shape index (κ3) is 7.66. The van der Waals surface area contributed by atoms with E-state index in [1.54, 1.807) is 0 Å². The van der Waals surface area contributed by atoms with Gasteiger partial charge in [0.1, 0.15) is 6.04 Å². The second kappa shape index (κ2) is 9.61. The van der Waals surface area contributed by atoms with Crippen LogP contribution in [0.4, 0.5) is 4.79 Å². The summed E-state index contributed by atoms with van der Waals surface area (Å²) in [5, 5.41) is 14.2. The summed E-state index contributed by atoms with van der Waals surface area (Å²) in [5.41, 5.74) is 0. The monoisotopic (exact) mass is 273 g/mol. The predicted octanol–water partition coefficient (Wildman–Crippen LogP) is 1.27. The molecule has 0 radical (unpaired) electrons. The number of urea groups is 1. The zero-order valence-electron chi connectivity index (χ0n) is 12.4. The molecule has 2 amide bonds. The van der Waals surface area contributed by atoms with Crippen molar-refractivity contribution in [2.24, 2.45) is 0 Å². The Morgan fingerprint density at radius 2 is 1.74 bits per heavy atom. The van der Waals surface area contributed by atoms with E-state index in [-0.39, 0.29) is 6.04 Å². The van der Waals surface area contributed by atoms with Crippen LogP contribution in [0.3, 0.4) is 0 Å². The van der Waals surface area contributed by atoms with E-state index in [4.69, 9.17) is 5.11 Å². The number of amides is 2. The molecule has 0 aromatic carbocycles. The van der Waals surface area contributed by atoms with Gasteiger partial charge in [0.15, 0.2) is 0 Å². The molecule has 0 aliphatic carbocycles. The number of hydrogen-bond acceptors (Lipinski definition) is 3. The third-order valence-electron chi connectivity index (χ3n) is 2.98. The normalized spacial score (nSPS) is 13.9. The number of rotatable bonds is 9. The van der Waals surface area contributed by atoms with Crippen molar-refractivity contribution < 1.29 is 14.7 Å². The molecule has 0 aliphatic rings. The number of carboxylic acids is 1. The van der Waals surface area contributed by atoms with Crippen LogP contribution in [0.15, 0.2) is 0 Å². The van der Waals surface area contributed by atoms with Crippen molar-refractivity contribution in [2.45, 2.75) is 52.6 Å². The molecule has 0 aromatic rings. The summed E-state index contributed by atoms with van der Waals surface area (Å²) in [6.45, 7) is 10.5. The third-order valence-corrected chi connectivity index (χ3v) is 2.98. The van der Waals surface area contributed by atoms with Gasteiger partial charge in [0.2, 0.25) is 0 Å². The van der Waals surface area contributed by atoms with Crippen molar-refractivity contribution in [1.82, 2.24) is 15.5 Å². The molecule has 3 N–H and O–H groups in total. The van der Waals surface area contributed by atoms with Crippen LogP contribution in [0.1, 0.15) is 40.5 Å². The minimum atomic E-state index is -0.992. The van der Waals surface area contributed by atoms with E-state index in [2.05, 4.69) is 29.4 Å². The number of nitrogens with one attached hydrogen (secondary N) is 2. The molecule has 0 saturated carbocycles. The maximum atomic E-state index is 11.7. The SMILES string of the molecule is CCC[C@H](NC(=O)NC(C)CN(CC)CC)C(=O)O. The highest BCUT2D eigenvalue weighted by Crippen LogP contribution is 1.97. The lowest BCUT2D eigenvalue weighted by atomic mass is 10.2. The maximum absolute atomic E-state index is 11.7. The standard InChI is InChI=1S/C13H27N3O3/c1-5-8-11(12(17)18)15-13(19)14-10(4)9-16(6-2)7-3/h10-11H,5-9H2,1-4H3,(H,17,18)(H2,14,15,19)/t10?,11-/m0/s1. The first-order valence-electron chi connectivity index (χ1n) is 6.96. The number of carbonyl (C=O) groups is 2. The fourth-order valence-electron chi connectivity index (χ4n) is 1.88. The Balaban J connectivity index is 4.17. The molecule has 6 heteroatoms. The molecule has 0 aliphatic heterocycles. The second-order valence-electron chi connectivity index (χ2n) is 4.68. The van der Waals surface area contributed by atoms with Crippen LogP contribution in [0.25, 0.3) is 0 Å².